The SMILES string of the molecule is CCn1c(=O)c(C)nc2cc(C(=O)OCc3noc(-c4ccc(C)cc4)n3)ccc21. The highest BCUT2D eigenvalue weighted by molar-refractivity contribution is 5.93. The topological polar surface area (TPSA) is 100 Å². The second kappa shape index (κ2) is 7.90. The molecule has 0 amide bonds. The van der Waals surface area contributed by atoms with Crippen molar-refractivity contribution in [3.8, 4) is 11.5 Å². The van der Waals surface area contributed by atoms with Gasteiger partial charge in [-0.05, 0) is 51.1 Å². The van der Waals surface area contributed by atoms with Crippen LogP contribution in [0.2, 0.25) is 0 Å². The minimum absolute atomic E-state index is 0.118. The summed E-state index contributed by atoms with van der Waals surface area (Å²) in [6.45, 7) is 5.93. The van der Waals surface area contributed by atoms with E-state index in [0.29, 0.717) is 34.7 Å². The number of ether oxygens (including phenoxy) is 1. The summed E-state index contributed by atoms with van der Waals surface area (Å²) in [5.41, 5.74) is 3.73. The average molecular weight is 404 g/mol. The Balaban J connectivity index is 1.50. The van der Waals surface area contributed by atoms with E-state index >= 15 is 0 Å². The number of carbonyl (C=O) groups is 1. The summed E-state index contributed by atoms with van der Waals surface area (Å²) in [6, 6.07) is 12.6. The number of rotatable bonds is 5. The van der Waals surface area contributed by atoms with Crippen LogP contribution in [0.25, 0.3) is 22.5 Å². The molecule has 4 aromatic rings. The zero-order valence-corrected chi connectivity index (χ0v) is 16.9. The summed E-state index contributed by atoms with van der Waals surface area (Å²) in [7, 11) is 0. The first-order valence-electron chi connectivity index (χ1n) is 9.54. The van der Waals surface area contributed by atoms with Crippen LogP contribution < -0.4 is 5.56 Å². The predicted octanol–water partition coefficient (Wildman–Crippen LogP) is 3.44. The minimum Gasteiger partial charge on any atom is -0.454 e. The Morgan fingerprint density at radius 2 is 1.87 bits per heavy atom. The third-order valence-corrected chi connectivity index (χ3v) is 4.76. The molecule has 0 radical (unpaired) electrons. The van der Waals surface area contributed by atoms with Crippen LogP contribution in [-0.4, -0.2) is 25.7 Å². The van der Waals surface area contributed by atoms with E-state index in [4.69, 9.17) is 9.26 Å². The van der Waals surface area contributed by atoms with Gasteiger partial charge in [0.25, 0.3) is 11.4 Å². The number of carbonyl (C=O) groups excluding carboxylic acids is 1. The van der Waals surface area contributed by atoms with Gasteiger partial charge in [-0.3, -0.25) is 4.79 Å². The molecule has 8 nitrogen and oxygen atoms in total. The second-order valence-corrected chi connectivity index (χ2v) is 6.91. The van der Waals surface area contributed by atoms with Gasteiger partial charge in [-0.1, -0.05) is 22.9 Å². The van der Waals surface area contributed by atoms with Gasteiger partial charge in [0.1, 0.15) is 5.69 Å². The molecular formula is C22H20N4O4. The molecule has 2 aromatic heterocycles. The van der Waals surface area contributed by atoms with E-state index in [2.05, 4.69) is 15.1 Å². The highest BCUT2D eigenvalue weighted by atomic mass is 16.5. The number of aromatic nitrogens is 4. The summed E-state index contributed by atoms with van der Waals surface area (Å²) in [5.74, 6) is 0.102. The molecule has 4 rings (SSSR count). The Hall–Kier alpha value is -3.81. The van der Waals surface area contributed by atoms with Crippen molar-refractivity contribution >= 4 is 17.0 Å². The molecule has 0 bridgehead atoms. The van der Waals surface area contributed by atoms with E-state index in [-0.39, 0.29) is 18.0 Å². The van der Waals surface area contributed by atoms with Gasteiger partial charge in [-0.25, -0.2) is 9.78 Å². The maximum Gasteiger partial charge on any atom is 0.338 e. The molecule has 0 spiro atoms. The van der Waals surface area contributed by atoms with Crippen molar-refractivity contribution < 1.29 is 14.1 Å². The Bertz CT molecular complexity index is 1290. The van der Waals surface area contributed by atoms with Gasteiger partial charge < -0.3 is 13.8 Å². The van der Waals surface area contributed by atoms with Gasteiger partial charge in [-0.15, -0.1) is 0 Å². The number of hydrogen-bond donors (Lipinski definition) is 0. The summed E-state index contributed by atoms with van der Waals surface area (Å²) in [5, 5.41) is 3.86. The van der Waals surface area contributed by atoms with Crippen LogP contribution in [0.3, 0.4) is 0 Å². The Labute approximate surface area is 172 Å². The van der Waals surface area contributed by atoms with Crippen molar-refractivity contribution in [2.75, 3.05) is 0 Å². The number of nitrogens with zero attached hydrogens (tertiary/aromatic N) is 4. The molecule has 0 saturated heterocycles. The standard InChI is InChI=1S/C22H20N4O4/c1-4-26-18-10-9-16(11-17(18)23-14(3)21(26)27)22(28)29-12-19-24-20(30-25-19)15-7-5-13(2)6-8-15/h5-11H,4,12H2,1-3H3. The van der Waals surface area contributed by atoms with E-state index < -0.39 is 5.97 Å². The van der Waals surface area contributed by atoms with Crippen molar-refractivity contribution in [2.24, 2.45) is 0 Å². The van der Waals surface area contributed by atoms with Crippen LogP contribution in [0, 0.1) is 13.8 Å². The van der Waals surface area contributed by atoms with Crippen molar-refractivity contribution in [1.29, 1.82) is 0 Å². The van der Waals surface area contributed by atoms with Crippen molar-refractivity contribution in [3.05, 3.63) is 75.5 Å². The largest absolute Gasteiger partial charge is 0.454 e. The lowest BCUT2D eigenvalue weighted by atomic mass is 10.1. The zero-order chi connectivity index (χ0) is 21.3. The number of hydrogen-bond acceptors (Lipinski definition) is 7. The molecule has 30 heavy (non-hydrogen) atoms. The molecule has 2 heterocycles. The average Bonchev–Trinajstić information content (AvgIpc) is 3.22. The van der Waals surface area contributed by atoms with Crippen molar-refractivity contribution in [3.63, 3.8) is 0 Å². The maximum atomic E-state index is 12.5. The van der Waals surface area contributed by atoms with E-state index in [1.807, 2.05) is 38.1 Å². The molecule has 0 saturated carbocycles. The summed E-state index contributed by atoms with van der Waals surface area (Å²) in [6.07, 6.45) is 0. The highest BCUT2D eigenvalue weighted by Gasteiger charge is 2.14. The third-order valence-electron chi connectivity index (χ3n) is 4.76. The summed E-state index contributed by atoms with van der Waals surface area (Å²) in [4.78, 5) is 33.2. The van der Waals surface area contributed by atoms with Crippen LogP contribution >= 0.6 is 0 Å². The van der Waals surface area contributed by atoms with E-state index in [1.54, 1.807) is 29.7 Å². The fourth-order valence-corrected chi connectivity index (χ4v) is 3.15. The van der Waals surface area contributed by atoms with Gasteiger partial charge in [0.15, 0.2) is 6.61 Å². The quantitative estimate of drug-likeness (QED) is 0.470. The van der Waals surface area contributed by atoms with E-state index in [0.717, 1.165) is 11.1 Å². The zero-order valence-electron chi connectivity index (χ0n) is 16.9. The van der Waals surface area contributed by atoms with Crippen LogP contribution in [0.15, 0.2) is 51.8 Å². The molecule has 152 valence electrons. The van der Waals surface area contributed by atoms with Crippen LogP contribution in [-0.2, 0) is 17.9 Å². The van der Waals surface area contributed by atoms with E-state index in [9.17, 15) is 9.59 Å². The molecule has 0 aliphatic heterocycles. The first-order valence-corrected chi connectivity index (χ1v) is 9.54. The van der Waals surface area contributed by atoms with Gasteiger partial charge in [0.2, 0.25) is 5.82 Å². The minimum atomic E-state index is -0.535. The van der Waals surface area contributed by atoms with Crippen LogP contribution in [0.1, 0.15) is 34.4 Å². The Morgan fingerprint density at radius 1 is 1.10 bits per heavy atom. The lowest BCUT2D eigenvalue weighted by Gasteiger charge is -2.09. The van der Waals surface area contributed by atoms with Crippen LogP contribution in [0.4, 0.5) is 0 Å². The summed E-state index contributed by atoms with van der Waals surface area (Å²) >= 11 is 0. The molecule has 0 aliphatic rings. The van der Waals surface area contributed by atoms with E-state index in [1.165, 1.54) is 0 Å². The third kappa shape index (κ3) is 3.71. The molecule has 0 N–H and O–H groups in total. The number of fused-ring (bicyclic) bond motifs is 1. The Morgan fingerprint density at radius 3 is 2.60 bits per heavy atom. The maximum absolute atomic E-state index is 12.5. The monoisotopic (exact) mass is 404 g/mol. The Kier molecular flexibility index (Phi) is 5.14. The lowest BCUT2D eigenvalue weighted by Crippen LogP contribution is -2.23. The fourth-order valence-electron chi connectivity index (χ4n) is 3.15. The number of esters is 1. The molecule has 0 fully saturated rings. The molecule has 2 aromatic carbocycles. The first-order chi connectivity index (χ1) is 14.5. The smallest absolute Gasteiger partial charge is 0.338 e. The molecule has 0 aliphatic carbocycles. The first kappa shape index (κ1) is 19.5. The second-order valence-electron chi connectivity index (χ2n) is 6.91. The normalized spacial score (nSPS) is 11.0. The molecule has 0 unspecified atom stereocenters. The van der Waals surface area contributed by atoms with Gasteiger partial charge in [-0.2, -0.15) is 4.98 Å². The lowest BCUT2D eigenvalue weighted by molar-refractivity contribution is 0.0460. The fraction of sp³-hybridized carbons (Fsp3) is 0.227. The van der Waals surface area contributed by atoms with Gasteiger partial charge in [0.05, 0.1) is 16.6 Å². The molecule has 0 atom stereocenters. The summed E-state index contributed by atoms with van der Waals surface area (Å²) < 4.78 is 12.2. The number of benzene rings is 2. The molecular weight excluding hydrogens is 384 g/mol. The van der Waals surface area contributed by atoms with Crippen molar-refractivity contribution in [1.82, 2.24) is 19.7 Å². The van der Waals surface area contributed by atoms with Gasteiger partial charge >= 0.3 is 5.97 Å². The van der Waals surface area contributed by atoms with Crippen molar-refractivity contribution in [2.45, 2.75) is 33.9 Å². The highest BCUT2D eigenvalue weighted by Crippen LogP contribution is 2.18. The number of aryl methyl sites for hydroxylation is 3. The van der Waals surface area contributed by atoms with Crippen LogP contribution in [0.5, 0.6) is 0 Å². The predicted molar refractivity (Wildman–Crippen MR) is 110 cm³/mol. The van der Waals surface area contributed by atoms with Gasteiger partial charge in [0, 0.05) is 12.1 Å². The molecule has 8 heteroatoms.